The van der Waals surface area contributed by atoms with Gasteiger partial charge in [-0.25, -0.2) is 0 Å². The summed E-state index contributed by atoms with van der Waals surface area (Å²) in [5.41, 5.74) is 1.29. The lowest BCUT2D eigenvalue weighted by Gasteiger charge is -2.30. The molecule has 0 spiro atoms. The van der Waals surface area contributed by atoms with Crippen LogP contribution in [-0.4, -0.2) is 22.8 Å². The zero-order valence-corrected chi connectivity index (χ0v) is 9.49. The fraction of sp³-hybridized carbons (Fsp3) is 0.750. The summed E-state index contributed by atoms with van der Waals surface area (Å²) in [4.78, 5) is 11.0. The minimum Gasteiger partial charge on any atom is -0.481 e. The molecule has 1 atom stereocenters. The highest BCUT2D eigenvalue weighted by molar-refractivity contribution is 5.73. The van der Waals surface area contributed by atoms with E-state index in [1.807, 2.05) is 0 Å². The van der Waals surface area contributed by atoms with Crippen molar-refractivity contribution in [3.63, 3.8) is 0 Å². The molecular formula is C12H20O3. The van der Waals surface area contributed by atoms with Gasteiger partial charge in [-0.05, 0) is 31.1 Å². The van der Waals surface area contributed by atoms with Crippen molar-refractivity contribution in [2.24, 2.45) is 11.3 Å². The van der Waals surface area contributed by atoms with Crippen LogP contribution >= 0.6 is 0 Å². The quantitative estimate of drug-likeness (QED) is 0.702. The van der Waals surface area contributed by atoms with Crippen LogP contribution in [0.3, 0.4) is 0 Å². The van der Waals surface area contributed by atoms with Crippen LogP contribution < -0.4 is 0 Å². The van der Waals surface area contributed by atoms with Gasteiger partial charge in [0.2, 0.25) is 0 Å². The Kier molecular flexibility index (Phi) is 3.91. The smallest absolute Gasteiger partial charge is 0.310 e. The summed E-state index contributed by atoms with van der Waals surface area (Å²) in [7, 11) is 0. The van der Waals surface area contributed by atoms with Crippen LogP contribution in [0.1, 0.15) is 39.5 Å². The lowest BCUT2D eigenvalue weighted by molar-refractivity contribution is -0.141. The number of hydrogen-bond donors (Lipinski definition) is 2. The predicted molar refractivity (Wildman–Crippen MR) is 58.5 cm³/mol. The molecule has 1 aliphatic rings. The SMILES string of the molecule is CC1(C)CC=C(C(CCO)C(=O)O)CC1. The molecule has 2 N–H and O–H groups in total. The number of allylic oxidation sites excluding steroid dienone is 1. The topological polar surface area (TPSA) is 57.5 Å². The number of rotatable bonds is 4. The van der Waals surface area contributed by atoms with E-state index in [4.69, 9.17) is 10.2 Å². The summed E-state index contributed by atoms with van der Waals surface area (Å²) in [5.74, 6) is -1.29. The molecule has 0 bridgehead atoms. The van der Waals surface area contributed by atoms with Crippen LogP contribution in [0.5, 0.6) is 0 Å². The Morgan fingerprint density at radius 2 is 2.27 bits per heavy atom. The van der Waals surface area contributed by atoms with Crippen molar-refractivity contribution in [2.75, 3.05) is 6.61 Å². The number of aliphatic carboxylic acids is 1. The van der Waals surface area contributed by atoms with Crippen molar-refractivity contribution < 1.29 is 15.0 Å². The number of aliphatic hydroxyl groups excluding tert-OH is 1. The molecule has 1 rings (SSSR count). The lowest BCUT2D eigenvalue weighted by atomic mass is 9.75. The Morgan fingerprint density at radius 3 is 2.67 bits per heavy atom. The molecule has 0 saturated heterocycles. The Hall–Kier alpha value is -0.830. The molecule has 3 heteroatoms. The first kappa shape index (κ1) is 12.2. The molecule has 1 unspecified atom stereocenters. The van der Waals surface area contributed by atoms with Crippen LogP contribution in [0.15, 0.2) is 11.6 Å². The van der Waals surface area contributed by atoms with E-state index in [0.717, 1.165) is 24.8 Å². The van der Waals surface area contributed by atoms with E-state index in [1.54, 1.807) is 0 Å². The maximum absolute atomic E-state index is 11.0. The molecule has 86 valence electrons. The van der Waals surface area contributed by atoms with Crippen molar-refractivity contribution >= 4 is 5.97 Å². The summed E-state index contributed by atoms with van der Waals surface area (Å²) in [6.07, 6.45) is 5.22. The molecular weight excluding hydrogens is 192 g/mol. The van der Waals surface area contributed by atoms with Crippen LogP contribution in [0.2, 0.25) is 0 Å². The van der Waals surface area contributed by atoms with E-state index in [0.29, 0.717) is 11.8 Å². The van der Waals surface area contributed by atoms with Crippen molar-refractivity contribution in [1.82, 2.24) is 0 Å². The molecule has 0 aromatic carbocycles. The monoisotopic (exact) mass is 212 g/mol. The standard InChI is InChI=1S/C12H20O3/c1-12(2)6-3-9(4-7-12)10(5-8-13)11(14)15/h3,10,13H,4-8H2,1-2H3,(H,14,15). The van der Waals surface area contributed by atoms with Crippen molar-refractivity contribution in [3.8, 4) is 0 Å². The van der Waals surface area contributed by atoms with Crippen molar-refractivity contribution in [3.05, 3.63) is 11.6 Å². The minimum atomic E-state index is -0.810. The van der Waals surface area contributed by atoms with Gasteiger partial charge in [0.05, 0.1) is 5.92 Å². The van der Waals surface area contributed by atoms with E-state index >= 15 is 0 Å². The Balaban J connectivity index is 2.70. The molecule has 0 aromatic rings. The fourth-order valence-corrected chi connectivity index (χ4v) is 2.01. The van der Waals surface area contributed by atoms with Gasteiger partial charge >= 0.3 is 5.97 Å². The molecule has 15 heavy (non-hydrogen) atoms. The first-order valence-electron chi connectivity index (χ1n) is 5.49. The van der Waals surface area contributed by atoms with Gasteiger partial charge in [-0.15, -0.1) is 0 Å². The number of carboxylic acid groups (broad SMARTS) is 1. The van der Waals surface area contributed by atoms with Crippen molar-refractivity contribution in [1.29, 1.82) is 0 Å². The second-order valence-electron chi connectivity index (χ2n) is 5.05. The van der Waals surface area contributed by atoms with E-state index in [2.05, 4.69) is 19.9 Å². The maximum Gasteiger partial charge on any atom is 0.310 e. The van der Waals surface area contributed by atoms with Gasteiger partial charge in [-0.3, -0.25) is 4.79 Å². The zero-order chi connectivity index (χ0) is 11.5. The van der Waals surface area contributed by atoms with Gasteiger partial charge in [0.15, 0.2) is 0 Å². The summed E-state index contributed by atoms with van der Waals surface area (Å²) in [6, 6.07) is 0. The normalized spacial score (nSPS) is 21.9. The highest BCUT2D eigenvalue weighted by Gasteiger charge is 2.28. The lowest BCUT2D eigenvalue weighted by Crippen LogP contribution is -2.23. The van der Waals surface area contributed by atoms with Crippen LogP contribution in [0, 0.1) is 11.3 Å². The van der Waals surface area contributed by atoms with Gasteiger partial charge in [0.1, 0.15) is 0 Å². The molecule has 0 aromatic heterocycles. The van der Waals surface area contributed by atoms with Gasteiger partial charge < -0.3 is 10.2 Å². The molecule has 3 nitrogen and oxygen atoms in total. The van der Waals surface area contributed by atoms with E-state index in [-0.39, 0.29) is 6.61 Å². The highest BCUT2D eigenvalue weighted by Crippen LogP contribution is 2.37. The number of carboxylic acids is 1. The Morgan fingerprint density at radius 1 is 1.60 bits per heavy atom. The second kappa shape index (κ2) is 4.79. The predicted octanol–water partition coefficient (Wildman–Crippen LogP) is 2.21. The van der Waals surface area contributed by atoms with Crippen LogP contribution in [-0.2, 0) is 4.79 Å². The summed E-state index contributed by atoms with van der Waals surface area (Å²) >= 11 is 0. The molecule has 0 aliphatic heterocycles. The van der Waals surface area contributed by atoms with Gasteiger partial charge in [0.25, 0.3) is 0 Å². The third-order valence-electron chi connectivity index (χ3n) is 3.17. The molecule has 0 radical (unpaired) electrons. The first-order chi connectivity index (χ1) is 6.96. The molecule has 0 amide bonds. The number of carbonyl (C=O) groups is 1. The molecule has 0 heterocycles. The van der Waals surface area contributed by atoms with E-state index in [1.165, 1.54) is 0 Å². The maximum atomic E-state index is 11.0. The summed E-state index contributed by atoms with van der Waals surface area (Å²) in [5, 5.41) is 17.9. The van der Waals surface area contributed by atoms with E-state index < -0.39 is 11.9 Å². The minimum absolute atomic E-state index is 0.0578. The van der Waals surface area contributed by atoms with Gasteiger partial charge in [-0.1, -0.05) is 25.5 Å². The number of aliphatic hydroxyl groups is 1. The van der Waals surface area contributed by atoms with Gasteiger partial charge in [-0.2, -0.15) is 0 Å². The fourth-order valence-electron chi connectivity index (χ4n) is 2.01. The first-order valence-corrected chi connectivity index (χ1v) is 5.49. The average molecular weight is 212 g/mol. The molecule has 0 saturated carbocycles. The van der Waals surface area contributed by atoms with Crippen molar-refractivity contribution in [2.45, 2.75) is 39.5 Å². The Bertz CT molecular complexity index is 266. The number of hydrogen-bond acceptors (Lipinski definition) is 2. The largest absolute Gasteiger partial charge is 0.481 e. The highest BCUT2D eigenvalue weighted by atomic mass is 16.4. The average Bonchev–Trinajstić information content (AvgIpc) is 2.14. The third kappa shape index (κ3) is 3.34. The molecule has 0 fully saturated rings. The third-order valence-corrected chi connectivity index (χ3v) is 3.17. The molecule has 1 aliphatic carbocycles. The summed E-state index contributed by atoms with van der Waals surface area (Å²) < 4.78 is 0. The van der Waals surface area contributed by atoms with E-state index in [9.17, 15) is 4.79 Å². The Labute approximate surface area is 90.8 Å². The second-order valence-corrected chi connectivity index (χ2v) is 5.05. The zero-order valence-electron chi connectivity index (χ0n) is 9.49. The van der Waals surface area contributed by atoms with Crippen LogP contribution in [0.25, 0.3) is 0 Å². The van der Waals surface area contributed by atoms with Gasteiger partial charge in [0, 0.05) is 6.61 Å². The van der Waals surface area contributed by atoms with Crippen LogP contribution in [0.4, 0.5) is 0 Å². The summed E-state index contributed by atoms with van der Waals surface area (Å²) in [6.45, 7) is 4.34.